The SMILES string of the molecule is O=C(O)C1CSC(CC2CCCC2)=N1. The van der Waals surface area contributed by atoms with Gasteiger partial charge in [0.25, 0.3) is 0 Å². The van der Waals surface area contributed by atoms with Gasteiger partial charge in [0.2, 0.25) is 0 Å². The van der Waals surface area contributed by atoms with Crippen LogP contribution >= 0.6 is 11.8 Å². The third kappa shape index (κ3) is 2.29. The molecular formula is C10H15NO2S. The number of carbonyl (C=O) groups is 1. The summed E-state index contributed by atoms with van der Waals surface area (Å²) < 4.78 is 0. The number of hydrogen-bond acceptors (Lipinski definition) is 3. The van der Waals surface area contributed by atoms with Crippen molar-refractivity contribution < 1.29 is 9.90 Å². The number of aliphatic carboxylic acids is 1. The van der Waals surface area contributed by atoms with E-state index in [1.807, 2.05) is 0 Å². The number of carboxylic acids is 1. The zero-order valence-electron chi connectivity index (χ0n) is 8.11. The largest absolute Gasteiger partial charge is 0.480 e. The van der Waals surface area contributed by atoms with Gasteiger partial charge in [0.05, 0.1) is 5.04 Å². The van der Waals surface area contributed by atoms with E-state index in [4.69, 9.17) is 5.11 Å². The lowest BCUT2D eigenvalue weighted by atomic mass is 10.1. The molecule has 0 bridgehead atoms. The molecule has 0 spiro atoms. The number of carboxylic acid groups (broad SMARTS) is 1. The van der Waals surface area contributed by atoms with Gasteiger partial charge in [-0.3, -0.25) is 4.99 Å². The fourth-order valence-electron chi connectivity index (χ4n) is 2.12. The summed E-state index contributed by atoms with van der Waals surface area (Å²) in [5.41, 5.74) is 0. The van der Waals surface area contributed by atoms with Crippen LogP contribution in [0.15, 0.2) is 4.99 Å². The molecule has 0 aromatic carbocycles. The summed E-state index contributed by atoms with van der Waals surface area (Å²) in [5, 5.41) is 9.84. The molecule has 3 nitrogen and oxygen atoms in total. The van der Waals surface area contributed by atoms with Crippen LogP contribution in [-0.2, 0) is 4.79 Å². The first-order valence-electron chi connectivity index (χ1n) is 5.18. The summed E-state index contributed by atoms with van der Waals surface area (Å²) >= 11 is 1.63. The Morgan fingerprint density at radius 3 is 2.79 bits per heavy atom. The second-order valence-corrected chi connectivity index (χ2v) is 5.14. The van der Waals surface area contributed by atoms with E-state index in [9.17, 15) is 4.79 Å². The van der Waals surface area contributed by atoms with Gasteiger partial charge in [0, 0.05) is 5.75 Å². The van der Waals surface area contributed by atoms with Gasteiger partial charge in [0.15, 0.2) is 6.04 Å². The monoisotopic (exact) mass is 213 g/mol. The maximum atomic E-state index is 10.7. The van der Waals surface area contributed by atoms with Crippen molar-refractivity contribution in [2.75, 3.05) is 5.75 Å². The molecule has 1 aliphatic heterocycles. The third-order valence-corrected chi connectivity index (χ3v) is 4.02. The summed E-state index contributed by atoms with van der Waals surface area (Å²) in [4.78, 5) is 14.9. The molecule has 0 amide bonds. The molecular weight excluding hydrogens is 198 g/mol. The van der Waals surface area contributed by atoms with Crippen LogP contribution in [0.5, 0.6) is 0 Å². The van der Waals surface area contributed by atoms with Crippen molar-refractivity contribution >= 4 is 22.8 Å². The Hall–Kier alpha value is -0.510. The maximum Gasteiger partial charge on any atom is 0.329 e. The molecule has 4 heteroatoms. The molecule has 14 heavy (non-hydrogen) atoms. The lowest BCUT2D eigenvalue weighted by molar-refractivity contribution is -0.137. The van der Waals surface area contributed by atoms with Crippen molar-refractivity contribution in [3.8, 4) is 0 Å². The van der Waals surface area contributed by atoms with Crippen LogP contribution in [0.3, 0.4) is 0 Å². The molecule has 0 aromatic rings. The van der Waals surface area contributed by atoms with Gasteiger partial charge < -0.3 is 5.11 Å². The molecule has 2 aliphatic rings. The quantitative estimate of drug-likeness (QED) is 0.781. The van der Waals surface area contributed by atoms with E-state index in [1.54, 1.807) is 11.8 Å². The second-order valence-electron chi connectivity index (χ2n) is 4.04. The van der Waals surface area contributed by atoms with Gasteiger partial charge in [-0.15, -0.1) is 11.8 Å². The highest BCUT2D eigenvalue weighted by Crippen LogP contribution is 2.32. The Morgan fingerprint density at radius 1 is 1.50 bits per heavy atom. The first-order valence-corrected chi connectivity index (χ1v) is 6.16. The van der Waals surface area contributed by atoms with Crippen LogP contribution < -0.4 is 0 Å². The van der Waals surface area contributed by atoms with E-state index >= 15 is 0 Å². The number of nitrogens with zero attached hydrogens (tertiary/aromatic N) is 1. The summed E-state index contributed by atoms with van der Waals surface area (Å²) in [5.74, 6) is 0.630. The van der Waals surface area contributed by atoms with Crippen LogP contribution in [0.4, 0.5) is 0 Å². The Kier molecular flexibility index (Phi) is 3.11. The summed E-state index contributed by atoms with van der Waals surface area (Å²) in [6, 6.07) is -0.476. The predicted molar refractivity (Wildman–Crippen MR) is 57.9 cm³/mol. The first kappa shape index (κ1) is 10.0. The average Bonchev–Trinajstić information content (AvgIpc) is 2.75. The van der Waals surface area contributed by atoms with E-state index in [0.29, 0.717) is 5.75 Å². The van der Waals surface area contributed by atoms with Gasteiger partial charge in [-0.05, 0) is 12.3 Å². The number of hydrogen-bond donors (Lipinski definition) is 1. The molecule has 1 atom stereocenters. The minimum Gasteiger partial charge on any atom is -0.480 e. The predicted octanol–water partition coefficient (Wildman–Crippen LogP) is 2.17. The molecule has 1 saturated carbocycles. The zero-order chi connectivity index (χ0) is 9.97. The maximum absolute atomic E-state index is 10.7. The van der Waals surface area contributed by atoms with Crippen LogP contribution in [0.2, 0.25) is 0 Å². The molecule has 1 N–H and O–H groups in total. The Balaban J connectivity index is 1.86. The number of thioether (sulfide) groups is 1. The van der Waals surface area contributed by atoms with Crippen LogP contribution in [0.1, 0.15) is 32.1 Å². The Labute approximate surface area is 88.0 Å². The molecule has 1 unspecified atom stereocenters. The van der Waals surface area contributed by atoms with Gasteiger partial charge in [-0.1, -0.05) is 25.7 Å². The minimum atomic E-state index is -0.779. The third-order valence-electron chi connectivity index (χ3n) is 2.93. The fraction of sp³-hybridized carbons (Fsp3) is 0.800. The number of aliphatic imine (C=N–C) groups is 1. The van der Waals surface area contributed by atoms with Crippen molar-refractivity contribution in [1.29, 1.82) is 0 Å². The van der Waals surface area contributed by atoms with Gasteiger partial charge in [0.1, 0.15) is 0 Å². The molecule has 78 valence electrons. The minimum absolute atomic E-state index is 0.476. The summed E-state index contributed by atoms with van der Waals surface area (Å²) in [6.07, 6.45) is 6.30. The van der Waals surface area contributed by atoms with Crippen LogP contribution in [-0.4, -0.2) is 27.9 Å². The van der Waals surface area contributed by atoms with Gasteiger partial charge in [-0.2, -0.15) is 0 Å². The van der Waals surface area contributed by atoms with Crippen molar-refractivity contribution in [3.63, 3.8) is 0 Å². The average molecular weight is 213 g/mol. The summed E-state index contributed by atoms with van der Waals surface area (Å²) in [7, 11) is 0. The standard InChI is InChI=1S/C10H15NO2S/c12-10(13)8-6-14-9(11-8)5-7-3-1-2-4-7/h7-8H,1-6H2,(H,12,13). The van der Waals surface area contributed by atoms with E-state index in [1.165, 1.54) is 25.7 Å². The topological polar surface area (TPSA) is 49.7 Å². The second kappa shape index (κ2) is 4.34. The van der Waals surface area contributed by atoms with E-state index < -0.39 is 12.0 Å². The molecule has 0 radical (unpaired) electrons. The fourth-order valence-corrected chi connectivity index (χ4v) is 3.25. The molecule has 1 aliphatic carbocycles. The first-order chi connectivity index (χ1) is 6.75. The van der Waals surface area contributed by atoms with E-state index in [0.717, 1.165) is 17.4 Å². The smallest absolute Gasteiger partial charge is 0.329 e. The summed E-state index contributed by atoms with van der Waals surface area (Å²) in [6.45, 7) is 0. The lowest BCUT2D eigenvalue weighted by Gasteiger charge is -2.06. The molecule has 2 rings (SSSR count). The van der Waals surface area contributed by atoms with Crippen molar-refractivity contribution in [2.24, 2.45) is 10.9 Å². The normalized spacial score (nSPS) is 28.0. The molecule has 1 heterocycles. The van der Waals surface area contributed by atoms with Crippen molar-refractivity contribution in [1.82, 2.24) is 0 Å². The highest BCUT2D eigenvalue weighted by Gasteiger charge is 2.26. The lowest BCUT2D eigenvalue weighted by Crippen LogP contribution is -2.17. The molecule has 0 saturated heterocycles. The van der Waals surface area contributed by atoms with Crippen molar-refractivity contribution in [3.05, 3.63) is 0 Å². The van der Waals surface area contributed by atoms with Crippen LogP contribution in [0, 0.1) is 5.92 Å². The molecule has 1 fully saturated rings. The highest BCUT2D eigenvalue weighted by atomic mass is 32.2. The zero-order valence-corrected chi connectivity index (χ0v) is 8.92. The highest BCUT2D eigenvalue weighted by molar-refractivity contribution is 8.14. The van der Waals surface area contributed by atoms with E-state index in [2.05, 4.69) is 4.99 Å². The Bertz CT molecular complexity index is 259. The molecule has 0 aromatic heterocycles. The van der Waals surface area contributed by atoms with Gasteiger partial charge >= 0.3 is 5.97 Å². The van der Waals surface area contributed by atoms with E-state index in [-0.39, 0.29) is 0 Å². The van der Waals surface area contributed by atoms with Gasteiger partial charge in [-0.25, -0.2) is 4.79 Å². The van der Waals surface area contributed by atoms with Crippen molar-refractivity contribution in [2.45, 2.75) is 38.1 Å². The van der Waals surface area contributed by atoms with Crippen LogP contribution in [0.25, 0.3) is 0 Å². The Morgan fingerprint density at radius 2 is 2.21 bits per heavy atom. The number of rotatable bonds is 3.